The summed E-state index contributed by atoms with van der Waals surface area (Å²) < 4.78 is 0. The zero-order valence-electron chi connectivity index (χ0n) is 19.3. The summed E-state index contributed by atoms with van der Waals surface area (Å²) >= 11 is 1.62. The van der Waals surface area contributed by atoms with Gasteiger partial charge in [-0.25, -0.2) is 4.98 Å². The molecule has 1 saturated heterocycles. The smallest absolute Gasteiger partial charge is 0.303 e. The molecule has 1 aromatic heterocycles. The van der Waals surface area contributed by atoms with E-state index in [4.69, 9.17) is 10.1 Å². The average molecular weight is 474 g/mol. The summed E-state index contributed by atoms with van der Waals surface area (Å²) in [7, 11) is 0. The third-order valence-electron chi connectivity index (χ3n) is 8.14. The van der Waals surface area contributed by atoms with Crippen molar-refractivity contribution in [2.45, 2.75) is 75.0 Å². The number of nitrogens with one attached hydrogen (secondary N) is 1. The Balaban J connectivity index is 1.31. The number of carboxylic acid groups (broad SMARTS) is 1. The molecule has 180 valence electrons. The lowest BCUT2D eigenvalue weighted by atomic mass is 9.52. The number of aromatic nitrogens is 1. The Morgan fingerprint density at radius 2 is 2.00 bits per heavy atom. The first-order valence-electron chi connectivity index (χ1n) is 12.5. The average Bonchev–Trinajstić information content (AvgIpc) is 3.21. The lowest BCUT2D eigenvalue weighted by molar-refractivity contribution is -0.138. The van der Waals surface area contributed by atoms with Gasteiger partial charge in [-0.15, -0.1) is 11.8 Å². The molecule has 6 rings (SSSR count). The second-order valence-corrected chi connectivity index (χ2v) is 11.8. The first-order valence-corrected chi connectivity index (χ1v) is 13.5. The molecule has 3 N–H and O–H groups in total. The second-order valence-electron chi connectivity index (χ2n) is 10.8. The van der Waals surface area contributed by atoms with Gasteiger partial charge >= 0.3 is 5.97 Å². The molecule has 8 heteroatoms. The molecule has 5 fully saturated rings. The molecule has 1 unspecified atom stereocenters. The van der Waals surface area contributed by atoms with Gasteiger partial charge in [0.15, 0.2) is 0 Å². The molecule has 7 nitrogen and oxygen atoms in total. The van der Waals surface area contributed by atoms with E-state index < -0.39 is 11.6 Å². The van der Waals surface area contributed by atoms with Gasteiger partial charge in [0.05, 0.1) is 11.2 Å². The molecule has 4 bridgehead atoms. The van der Waals surface area contributed by atoms with E-state index >= 15 is 0 Å². The molecule has 1 aromatic rings. The maximum Gasteiger partial charge on any atom is 0.303 e. The maximum atomic E-state index is 13.4. The van der Waals surface area contributed by atoms with Crippen LogP contribution < -0.4 is 10.2 Å². The number of aliphatic hydroxyl groups is 1. The van der Waals surface area contributed by atoms with E-state index in [-0.39, 0.29) is 24.3 Å². The lowest BCUT2D eigenvalue weighted by Gasteiger charge is -2.58. The molecule has 0 radical (unpaired) electrons. The van der Waals surface area contributed by atoms with Crippen LogP contribution in [0.25, 0.3) is 0 Å². The first-order chi connectivity index (χ1) is 15.8. The van der Waals surface area contributed by atoms with Crippen LogP contribution in [-0.2, 0) is 4.79 Å². The number of thioether (sulfide) groups is 1. The molecule has 1 amide bonds. The molecular formula is C25H35N3O4S. The van der Waals surface area contributed by atoms with Gasteiger partial charge in [0.2, 0.25) is 0 Å². The molecular weight excluding hydrogens is 438 g/mol. The minimum atomic E-state index is -0.752. The summed E-state index contributed by atoms with van der Waals surface area (Å²) in [5.41, 5.74) is 0.128. The Hall–Kier alpha value is -1.80. The number of anilines is 1. The molecule has 5 aliphatic rings. The Kier molecular flexibility index (Phi) is 6.33. The summed E-state index contributed by atoms with van der Waals surface area (Å²) in [5, 5.41) is 24.1. The van der Waals surface area contributed by atoms with E-state index in [0.29, 0.717) is 29.9 Å². The highest BCUT2D eigenvalue weighted by molar-refractivity contribution is 7.99. The molecule has 4 aliphatic carbocycles. The number of hydrogen-bond acceptors (Lipinski definition) is 6. The first kappa shape index (κ1) is 23.0. The van der Waals surface area contributed by atoms with Gasteiger partial charge in [-0.3, -0.25) is 9.59 Å². The largest absolute Gasteiger partial charge is 0.481 e. The number of rotatable bonds is 8. The highest BCUT2D eigenvalue weighted by Gasteiger charge is 2.55. The van der Waals surface area contributed by atoms with Gasteiger partial charge in [-0.1, -0.05) is 6.92 Å². The molecule has 0 aromatic carbocycles. The predicted octanol–water partition coefficient (Wildman–Crippen LogP) is 3.55. The second kappa shape index (κ2) is 9.10. The molecule has 33 heavy (non-hydrogen) atoms. The van der Waals surface area contributed by atoms with Crippen molar-refractivity contribution in [3.05, 3.63) is 17.7 Å². The number of carboxylic acids is 1. The van der Waals surface area contributed by atoms with Crippen LogP contribution in [0, 0.1) is 23.7 Å². The Bertz CT molecular complexity index is 909. The topological polar surface area (TPSA) is 103 Å². The monoisotopic (exact) mass is 473 g/mol. The van der Waals surface area contributed by atoms with Gasteiger partial charge in [0.1, 0.15) is 10.8 Å². The van der Waals surface area contributed by atoms with Crippen molar-refractivity contribution in [1.82, 2.24) is 10.3 Å². The molecule has 1 aliphatic heterocycles. The number of amides is 1. The van der Waals surface area contributed by atoms with E-state index in [9.17, 15) is 14.7 Å². The minimum absolute atomic E-state index is 0.0534. The summed E-state index contributed by atoms with van der Waals surface area (Å²) in [4.78, 5) is 31.5. The van der Waals surface area contributed by atoms with Gasteiger partial charge in [-0.2, -0.15) is 0 Å². The number of pyridine rings is 1. The Labute approximate surface area is 199 Å². The van der Waals surface area contributed by atoms with E-state index in [2.05, 4.69) is 17.1 Å². The maximum absolute atomic E-state index is 13.4. The summed E-state index contributed by atoms with van der Waals surface area (Å²) in [6.45, 7) is 3.61. The quantitative estimate of drug-likeness (QED) is 0.496. The number of hydrogen-bond donors (Lipinski definition) is 3. The number of carbonyl (C=O) groups is 2. The van der Waals surface area contributed by atoms with E-state index in [0.717, 1.165) is 68.1 Å². The van der Waals surface area contributed by atoms with Gasteiger partial charge in [0.25, 0.3) is 5.91 Å². The SMILES string of the molecule is CCCSc1nc(N2CCC(CC(=O)O)C2)ccc1C(=O)NC1[C@@H]2CC3C[C@@H]1CC(O)(C3)C2. The summed E-state index contributed by atoms with van der Waals surface area (Å²) in [6, 6.07) is 3.95. The van der Waals surface area contributed by atoms with E-state index in [1.165, 1.54) is 0 Å². The fourth-order valence-corrected chi connectivity index (χ4v) is 7.86. The summed E-state index contributed by atoms with van der Waals surface area (Å²) in [5.74, 6) is 2.42. The van der Waals surface area contributed by atoms with Crippen LogP contribution in [0.1, 0.15) is 68.6 Å². The third kappa shape index (κ3) is 4.74. The molecule has 3 atom stereocenters. The van der Waals surface area contributed by atoms with E-state index in [1.54, 1.807) is 11.8 Å². The number of nitrogens with zero attached hydrogens (tertiary/aromatic N) is 2. The molecule has 0 spiro atoms. The summed E-state index contributed by atoms with van der Waals surface area (Å²) in [6.07, 6.45) is 6.83. The van der Waals surface area contributed by atoms with Crippen molar-refractivity contribution in [3.8, 4) is 0 Å². The van der Waals surface area contributed by atoms with Crippen LogP contribution in [0.3, 0.4) is 0 Å². The van der Waals surface area contributed by atoms with Crippen molar-refractivity contribution in [1.29, 1.82) is 0 Å². The van der Waals surface area contributed by atoms with Crippen LogP contribution in [0.15, 0.2) is 17.2 Å². The van der Waals surface area contributed by atoms with Gasteiger partial charge in [0, 0.05) is 25.6 Å². The van der Waals surface area contributed by atoms with E-state index in [1.807, 2.05) is 12.1 Å². The Morgan fingerprint density at radius 1 is 1.24 bits per heavy atom. The third-order valence-corrected chi connectivity index (χ3v) is 9.34. The van der Waals surface area contributed by atoms with Crippen LogP contribution >= 0.6 is 11.8 Å². The van der Waals surface area contributed by atoms with Crippen molar-refractivity contribution < 1.29 is 19.8 Å². The number of carbonyl (C=O) groups excluding carboxylic acids is 1. The predicted molar refractivity (Wildman–Crippen MR) is 128 cm³/mol. The van der Waals surface area contributed by atoms with Gasteiger partial charge < -0.3 is 20.4 Å². The highest BCUT2D eigenvalue weighted by atomic mass is 32.2. The van der Waals surface area contributed by atoms with Crippen molar-refractivity contribution >= 4 is 29.5 Å². The molecule has 2 heterocycles. The fourth-order valence-electron chi connectivity index (χ4n) is 6.99. The number of aliphatic carboxylic acids is 1. The standard InChI is InChI=1S/C25H35N3O4S/c1-2-7-33-24-19(3-4-20(26-24)28-6-5-15(14-28)10-21(29)30)23(31)27-22-17-8-16-9-18(22)13-25(32,11-16)12-17/h3-4,15-18,22,32H,2,5-14H2,1H3,(H,27,31)(H,29,30)/t15?,16?,17-,18-,22?,25?/m1/s1. The minimum Gasteiger partial charge on any atom is -0.481 e. The zero-order chi connectivity index (χ0) is 23.2. The fraction of sp³-hybridized carbons (Fsp3) is 0.720. The zero-order valence-corrected chi connectivity index (χ0v) is 20.1. The van der Waals surface area contributed by atoms with Crippen molar-refractivity contribution in [2.75, 3.05) is 23.7 Å². The Morgan fingerprint density at radius 3 is 2.67 bits per heavy atom. The van der Waals surface area contributed by atoms with Crippen LogP contribution in [0.5, 0.6) is 0 Å². The van der Waals surface area contributed by atoms with Crippen molar-refractivity contribution in [3.63, 3.8) is 0 Å². The van der Waals surface area contributed by atoms with Crippen LogP contribution in [0.2, 0.25) is 0 Å². The van der Waals surface area contributed by atoms with Crippen LogP contribution in [-0.4, -0.2) is 57.6 Å². The van der Waals surface area contributed by atoms with Gasteiger partial charge in [-0.05, 0) is 86.5 Å². The van der Waals surface area contributed by atoms with Crippen LogP contribution in [0.4, 0.5) is 5.82 Å². The van der Waals surface area contributed by atoms with Crippen molar-refractivity contribution in [2.24, 2.45) is 23.7 Å². The molecule has 4 saturated carbocycles. The normalized spacial score (nSPS) is 34.6. The highest BCUT2D eigenvalue weighted by Crippen LogP contribution is 2.55. The lowest BCUT2D eigenvalue weighted by Crippen LogP contribution is -2.61.